The number of carbonyl (C=O) groups excluding carboxylic acids is 1. The molecule has 7 nitrogen and oxygen atoms in total. The lowest BCUT2D eigenvalue weighted by molar-refractivity contribution is -0.142. The van der Waals surface area contributed by atoms with Gasteiger partial charge in [-0.05, 0) is 31.9 Å². The monoisotopic (exact) mass is 265 g/mol. The topological polar surface area (TPSA) is 92.6 Å². The van der Waals surface area contributed by atoms with Gasteiger partial charge in [-0.15, -0.1) is 10.2 Å². The minimum Gasteiger partial charge on any atom is -0.480 e. The third-order valence-electron chi connectivity index (χ3n) is 3.42. The first kappa shape index (κ1) is 13.3. The van der Waals surface area contributed by atoms with E-state index in [-0.39, 0.29) is 5.69 Å². The summed E-state index contributed by atoms with van der Waals surface area (Å²) < 4.78 is 4.53. The smallest absolute Gasteiger partial charge is 0.358 e. The fourth-order valence-corrected chi connectivity index (χ4v) is 2.24. The summed E-state index contributed by atoms with van der Waals surface area (Å²) in [5.41, 5.74) is -0.871. The highest BCUT2D eigenvalue weighted by atomic mass is 16.5. The van der Waals surface area contributed by atoms with Gasteiger partial charge in [-0.2, -0.15) is 0 Å². The maximum absolute atomic E-state index is 11.4. The number of aliphatic carboxylic acids is 1. The Kier molecular flexibility index (Phi) is 3.37. The predicted molar refractivity (Wildman–Crippen MR) is 66.0 cm³/mol. The van der Waals surface area contributed by atoms with Gasteiger partial charge in [0.05, 0.1) is 7.11 Å². The van der Waals surface area contributed by atoms with Gasteiger partial charge in [-0.25, -0.2) is 9.59 Å². The number of anilines is 1. The molecule has 1 fully saturated rings. The summed E-state index contributed by atoms with van der Waals surface area (Å²) in [6.07, 6.45) is 1.34. The molecule has 0 aromatic carbocycles. The number of nitrogens with zero attached hydrogens (tertiary/aromatic N) is 3. The highest BCUT2D eigenvalue weighted by molar-refractivity contribution is 5.87. The lowest BCUT2D eigenvalue weighted by Gasteiger charge is -2.31. The van der Waals surface area contributed by atoms with Crippen LogP contribution in [-0.4, -0.2) is 46.4 Å². The molecule has 0 saturated carbocycles. The fourth-order valence-electron chi connectivity index (χ4n) is 2.24. The van der Waals surface area contributed by atoms with Crippen LogP contribution in [0.25, 0.3) is 0 Å². The van der Waals surface area contributed by atoms with E-state index < -0.39 is 17.5 Å². The van der Waals surface area contributed by atoms with Crippen LogP contribution < -0.4 is 4.90 Å². The van der Waals surface area contributed by atoms with Crippen LogP contribution in [0.2, 0.25) is 0 Å². The molecular formula is C12H15N3O4. The van der Waals surface area contributed by atoms with Crippen LogP contribution >= 0.6 is 0 Å². The highest BCUT2D eigenvalue weighted by Gasteiger charge is 2.44. The molecule has 0 radical (unpaired) electrons. The predicted octanol–water partition coefficient (Wildman–Crippen LogP) is 0.707. The van der Waals surface area contributed by atoms with Gasteiger partial charge in [0, 0.05) is 6.54 Å². The van der Waals surface area contributed by atoms with Crippen molar-refractivity contribution in [2.24, 2.45) is 0 Å². The van der Waals surface area contributed by atoms with E-state index in [0.717, 1.165) is 6.42 Å². The van der Waals surface area contributed by atoms with E-state index in [1.54, 1.807) is 17.9 Å². The van der Waals surface area contributed by atoms with Gasteiger partial charge in [0.1, 0.15) is 5.54 Å². The summed E-state index contributed by atoms with van der Waals surface area (Å²) in [4.78, 5) is 24.3. The molecule has 2 heterocycles. The Morgan fingerprint density at radius 2 is 2.16 bits per heavy atom. The Balaban J connectivity index is 2.27. The minimum absolute atomic E-state index is 0.0995. The Hall–Kier alpha value is -2.18. The highest BCUT2D eigenvalue weighted by Crippen LogP contribution is 2.32. The van der Waals surface area contributed by atoms with Crippen molar-refractivity contribution < 1.29 is 19.4 Å². The zero-order valence-corrected chi connectivity index (χ0v) is 10.8. The van der Waals surface area contributed by atoms with Crippen molar-refractivity contribution in [1.82, 2.24) is 10.2 Å². The standard InChI is InChI=1S/C12H15N3O4/c1-12(11(17)18)6-3-7-15(12)9-5-4-8(13-14-9)10(16)19-2/h4-5H,3,6-7H2,1-2H3,(H,17,18). The molecule has 1 saturated heterocycles. The normalized spacial score (nSPS) is 22.3. The van der Waals surface area contributed by atoms with Crippen LogP contribution in [0.5, 0.6) is 0 Å². The van der Waals surface area contributed by atoms with Crippen LogP contribution in [0.4, 0.5) is 5.82 Å². The van der Waals surface area contributed by atoms with Gasteiger partial charge in [-0.3, -0.25) is 0 Å². The third-order valence-corrected chi connectivity index (χ3v) is 3.42. The first-order valence-corrected chi connectivity index (χ1v) is 5.92. The molecule has 1 unspecified atom stereocenters. The lowest BCUT2D eigenvalue weighted by atomic mass is 9.99. The number of carbonyl (C=O) groups is 2. The molecule has 2 rings (SSSR count). The second kappa shape index (κ2) is 4.83. The Labute approximate surface area is 110 Å². The van der Waals surface area contributed by atoms with E-state index in [1.807, 2.05) is 0 Å². The number of hydrogen-bond donors (Lipinski definition) is 1. The average molecular weight is 265 g/mol. The Bertz CT molecular complexity index is 502. The van der Waals surface area contributed by atoms with Crippen LogP contribution in [-0.2, 0) is 9.53 Å². The summed E-state index contributed by atoms with van der Waals surface area (Å²) in [5.74, 6) is -1.000. The number of carboxylic acid groups (broad SMARTS) is 1. The maximum Gasteiger partial charge on any atom is 0.358 e. The number of rotatable bonds is 3. The van der Waals surface area contributed by atoms with Gasteiger partial charge < -0.3 is 14.7 Å². The summed E-state index contributed by atoms with van der Waals surface area (Å²) in [5, 5.41) is 17.0. The molecule has 0 aliphatic carbocycles. The van der Waals surface area contributed by atoms with Crippen LogP contribution in [0, 0.1) is 0 Å². The third kappa shape index (κ3) is 2.23. The van der Waals surface area contributed by atoms with E-state index in [9.17, 15) is 14.7 Å². The largest absolute Gasteiger partial charge is 0.480 e. The number of esters is 1. The second-order valence-corrected chi connectivity index (χ2v) is 4.60. The van der Waals surface area contributed by atoms with Crippen molar-refractivity contribution in [3.63, 3.8) is 0 Å². The number of hydrogen-bond acceptors (Lipinski definition) is 6. The summed E-state index contributed by atoms with van der Waals surface area (Å²) in [6.45, 7) is 2.27. The van der Waals surface area contributed by atoms with E-state index in [2.05, 4.69) is 14.9 Å². The number of ether oxygens (including phenoxy) is 1. The maximum atomic E-state index is 11.4. The van der Waals surface area contributed by atoms with Crippen LogP contribution in [0.3, 0.4) is 0 Å². The van der Waals surface area contributed by atoms with Crippen molar-refractivity contribution in [2.45, 2.75) is 25.3 Å². The van der Waals surface area contributed by atoms with E-state index in [0.29, 0.717) is 18.8 Å². The van der Waals surface area contributed by atoms with Crippen molar-refractivity contribution in [1.29, 1.82) is 0 Å². The number of aromatic nitrogens is 2. The van der Waals surface area contributed by atoms with E-state index in [1.165, 1.54) is 13.2 Å². The van der Waals surface area contributed by atoms with Gasteiger partial charge in [0.25, 0.3) is 0 Å². The molecule has 0 spiro atoms. The molecule has 1 N–H and O–H groups in total. The molecule has 1 aromatic heterocycles. The molecule has 7 heteroatoms. The SMILES string of the molecule is COC(=O)c1ccc(N2CCCC2(C)C(=O)O)nn1. The summed E-state index contributed by atoms with van der Waals surface area (Å²) >= 11 is 0. The summed E-state index contributed by atoms with van der Waals surface area (Å²) in [6, 6.07) is 3.07. The average Bonchev–Trinajstić information content (AvgIpc) is 2.81. The quantitative estimate of drug-likeness (QED) is 0.804. The molecule has 19 heavy (non-hydrogen) atoms. The molecule has 1 aromatic rings. The van der Waals surface area contributed by atoms with Crippen molar-refractivity contribution in [3.05, 3.63) is 17.8 Å². The van der Waals surface area contributed by atoms with Crippen molar-refractivity contribution in [2.75, 3.05) is 18.6 Å². The van der Waals surface area contributed by atoms with Crippen molar-refractivity contribution in [3.8, 4) is 0 Å². The number of carboxylic acids is 1. The Morgan fingerprint density at radius 3 is 2.68 bits per heavy atom. The molecule has 1 aliphatic rings. The van der Waals surface area contributed by atoms with Gasteiger partial charge in [0.15, 0.2) is 11.5 Å². The molecule has 1 aliphatic heterocycles. The van der Waals surface area contributed by atoms with Gasteiger partial charge in [-0.1, -0.05) is 0 Å². The minimum atomic E-state index is -0.971. The van der Waals surface area contributed by atoms with E-state index >= 15 is 0 Å². The van der Waals surface area contributed by atoms with Gasteiger partial charge >= 0.3 is 11.9 Å². The first-order valence-electron chi connectivity index (χ1n) is 5.92. The lowest BCUT2D eigenvalue weighted by Crippen LogP contribution is -2.48. The number of methoxy groups -OCH3 is 1. The zero-order valence-electron chi connectivity index (χ0n) is 10.8. The van der Waals surface area contributed by atoms with Gasteiger partial charge in [0.2, 0.25) is 0 Å². The molecular weight excluding hydrogens is 250 g/mol. The van der Waals surface area contributed by atoms with Crippen LogP contribution in [0.15, 0.2) is 12.1 Å². The van der Waals surface area contributed by atoms with E-state index in [4.69, 9.17) is 0 Å². The zero-order chi connectivity index (χ0) is 14.0. The second-order valence-electron chi connectivity index (χ2n) is 4.60. The van der Waals surface area contributed by atoms with Crippen LogP contribution in [0.1, 0.15) is 30.3 Å². The van der Waals surface area contributed by atoms with Crippen molar-refractivity contribution >= 4 is 17.8 Å². The Morgan fingerprint density at radius 1 is 1.42 bits per heavy atom. The molecule has 102 valence electrons. The molecule has 1 atom stereocenters. The first-order chi connectivity index (χ1) is 8.99. The molecule has 0 amide bonds. The molecule has 0 bridgehead atoms. The summed E-state index contributed by atoms with van der Waals surface area (Å²) in [7, 11) is 1.26. The fraction of sp³-hybridized carbons (Fsp3) is 0.500.